The van der Waals surface area contributed by atoms with Crippen LogP contribution >= 0.6 is 0 Å². The summed E-state index contributed by atoms with van der Waals surface area (Å²) >= 11 is 0. The van der Waals surface area contributed by atoms with Crippen LogP contribution in [0.5, 0.6) is 0 Å². The highest BCUT2D eigenvalue weighted by atomic mass is 16.4. The van der Waals surface area contributed by atoms with E-state index in [4.69, 9.17) is 5.73 Å². The summed E-state index contributed by atoms with van der Waals surface area (Å²) < 4.78 is 0. The zero-order valence-corrected chi connectivity index (χ0v) is 24.7. The van der Waals surface area contributed by atoms with Gasteiger partial charge in [-0.05, 0) is 29.5 Å². The zero-order chi connectivity index (χ0) is 31.6. The number of benzene rings is 2. The molecule has 0 saturated heterocycles. The van der Waals surface area contributed by atoms with Crippen molar-refractivity contribution in [3.8, 4) is 0 Å². The Morgan fingerprint density at radius 2 is 1.45 bits per heavy atom. The second-order valence-electron chi connectivity index (χ2n) is 11.3. The van der Waals surface area contributed by atoms with Crippen molar-refractivity contribution < 1.29 is 24.3 Å². The largest absolute Gasteiger partial charge is 0.480 e. The van der Waals surface area contributed by atoms with Crippen LogP contribution in [-0.2, 0) is 38.4 Å². The molecule has 0 fully saturated rings. The molecule has 2 aromatic carbocycles. The molecule has 0 spiro atoms. The molecule has 44 heavy (non-hydrogen) atoms. The van der Waals surface area contributed by atoms with Crippen LogP contribution in [-0.4, -0.2) is 67.9 Å². The molecule has 232 valence electrons. The molecule has 12 nitrogen and oxygen atoms in total. The van der Waals surface area contributed by atoms with Gasteiger partial charge in [0, 0.05) is 48.3 Å². The van der Waals surface area contributed by atoms with E-state index in [2.05, 4.69) is 30.9 Å². The van der Waals surface area contributed by atoms with Gasteiger partial charge in [0.2, 0.25) is 17.7 Å². The van der Waals surface area contributed by atoms with Crippen molar-refractivity contribution in [1.29, 1.82) is 0 Å². The lowest BCUT2D eigenvalue weighted by molar-refractivity contribution is -0.142. The Balaban J connectivity index is 1.58. The third-order valence-electron chi connectivity index (χ3n) is 7.30. The number of nitrogens with one attached hydrogen (secondary N) is 5. The van der Waals surface area contributed by atoms with E-state index < -0.39 is 47.9 Å². The number of nitrogens with zero attached hydrogens (tertiary/aromatic N) is 1. The molecule has 0 saturated carbocycles. The van der Waals surface area contributed by atoms with E-state index in [1.54, 1.807) is 12.4 Å². The standard InChI is InChI=1S/C32H39N7O5/c1-19(2)12-28(32(43)44)39-30(41)26(13-20-8-4-3-5-9-20)38-31(42)27(14-21-16-35-25-11-7-6-10-23(21)25)37-29(40)24(33)15-22-17-34-18-36-22/h3-11,16-19,24,26-28,35H,12-15,33H2,1-2H3,(H,34,36)(H,37,40)(H,38,42)(H,39,41)(H,43,44). The maximum atomic E-state index is 13.9. The number of fused-ring (bicyclic) bond motifs is 1. The molecule has 0 aliphatic rings. The predicted octanol–water partition coefficient (Wildman–Crippen LogP) is 1.83. The maximum Gasteiger partial charge on any atom is 0.326 e. The molecule has 0 aliphatic carbocycles. The highest BCUT2D eigenvalue weighted by molar-refractivity contribution is 5.95. The number of amides is 3. The number of carbonyl (C=O) groups excluding carboxylic acids is 3. The molecule has 2 heterocycles. The second-order valence-corrected chi connectivity index (χ2v) is 11.3. The SMILES string of the molecule is CC(C)CC(NC(=O)C(Cc1ccccc1)NC(=O)C(Cc1c[nH]c2ccccc12)NC(=O)C(N)Cc1cnc[nH]1)C(=O)O. The Kier molecular flexibility index (Phi) is 10.9. The Bertz CT molecular complexity index is 1550. The van der Waals surface area contributed by atoms with Gasteiger partial charge in [-0.2, -0.15) is 0 Å². The van der Waals surface area contributed by atoms with Crippen molar-refractivity contribution >= 4 is 34.6 Å². The minimum absolute atomic E-state index is 0.0142. The number of carboxylic acid groups (broad SMARTS) is 1. The first-order chi connectivity index (χ1) is 21.1. The number of H-pyrrole nitrogens is 2. The lowest BCUT2D eigenvalue weighted by atomic mass is 10.00. The van der Waals surface area contributed by atoms with Gasteiger partial charge in [0.05, 0.1) is 12.4 Å². The lowest BCUT2D eigenvalue weighted by Crippen LogP contribution is -2.58. The number of hydrogen-bond donors (Lipinski definition) is 7. The highest BCUT2D eigenvalue weighted by Crippen LogP contribution is 2.19. The van der Waals surface area contributed by atoms with Crippen LogP contribution in [0.4, 0.5) is 0 Å². The molecule has 2 aromatic heterocycles. The number of carboxylic acids is 1. The Labute approximate surface area is 255 Å². The number of aliphatic carboxylic acids is 1. The van der Waals surface area contributed by atoms with Gasteiger partial charge >= 0.3 is 5.97 Å². The van der Waals surface area contributed by atoms with E-state index in [1.807, 2.05) is 68.4 Å². The molecule has 0 radical (unpaired) electrons. The number of rotatable bonds is 15. The fourth-order valence-electron chi connectivity index (χ4n) is 5.03. The van der Waals surface area contributed by atoms with Crippen LogP contribution in [0.15, 0.2) is 73.3 Å². The molecule has 12 heteroatoms. The summed E-state index contributed by atoms with van der Waals surface area (Å²) in [5.74, 6) is -2.94. The maximum absolute atomic E-state index is 13.9. The third-order valence-corrected chi connectivity index (χ3v) is 7.30. The summed E-state index contributed by atoms with van der Waals surface area (Å²) in [6.07, 6.45) is 5.46. The number of imidazole rings is 1. The van der Waals surface area contributed by atoms with E-state index in [9.17, 15) is 24.3 Å². The normalized spacial score (nSPS) is 14.0. The Morgan fingerprint density at radius 1 is 0.818 bits per heavy atom. The number of para-hydroxylation sites is 1. The van der Waals surface area contributed by atoms with Gasteiger partial charge in [0.1, 0.15) is 18.1 Å². The van der Waals surface area contributed by atoms with Crippen molar-refractivity contribution in [3.63, 3.8) is 0 Å². The molecule has 4 unspecified atom stereocenters. The van der Waals surface area contributed by atoms with Crippen LogP contribution < -0.4 is 21.7 Å². The average Bonchev–Trinajstić information content (AvgIpc) is 3.66. The summed E-state index contributed by atoms with van der Waals surface area (Å²) in [5.41, 5.74) is 9.27. The Hall–Kier alpha value is -4.97. The van der Waals surface area contributed by atoms with Gasteiger partial charge in [-0.1, -0.05) is 62.4 Å². The van der Waals surface area contributed by atoms with Gasteiger partial charge in [0.25, 0.3) is 0 Å². The molecule has 3 amide bonds. The van der Waals surface area contributed by atoms with Crippen molar-refractivity contribution in [2.75, 3.05) is 0 Å². The fourth-order valence-corrected chi connectivity index (χ4v) is 5.03. The van der Waals surface area contributed by atoms with E-state index >= 15 is 0 Å². The van der Waals surface area contributed by atoms with Gasteiger partial charge in [0.15, 0.2) is 0 Å². The van der Waals surface area contributed by atoms with Crippen molar-refractivity contribution in [1.82, 2.24) is 30.9 Å². The summed E-state index contributed by atoms with van der Waals surface area (Å²) in [5, 5.41) is 18.8. The predicted molar refractivity (Wildman–Crippen MR) is 165 cm³/mol. The first kappa shape index (κ1) is 32.0. The third kappa shape index (κ3) is 8.77. The smallest absolute Gasteiger partial charge is 0.326 e. The fraction of sp³-hybridized carbons (Fsp3) is 0.344. The number of aromatic nitrogens is 3. The summed E-state index contributed by atoms with van der Waals surface area (Å²) in [4.78, 5) is 62.5. The molecule has 4 rings (SSSR count). The van der Waals surface area contributed by atoms with Crippen LogP contribution in [0.3, 0.4) is 0 Å². The highest BCUT2D eigenvalue weighted by Gasteiger charge is 2.31. The van der Waals surface area contributed by atoms with Crippen LogP contribution in [0.25, 0.3) is 10.9 Å². The number of carbonyl (C=O) groups is 4. The Morgan fingerprint density at radius 3 is 2.11 bits per heavy atom. The molecular weight excluding hydrogens is 562 g/mol. The molecule has 4 aromatic rings. The molecule has 8 N–H and O–H groups in total. The topological polar surface area (TPSA) is 195 Å². The van der Waals surface area contributed by atoms with Crippen molar-refractivity contribution in [2.45, 2.75) is 63.7 Å². The minimum atomic E-state index is -1.16. The second kappa shape index (κ2) is 15.0. The monoisotopic (exact) mass is 601 g/mol. The van der Waals surface area contributed by atoms with Gasteiger partial charge < -0.3 is 36.8 Å². The molecular formula is C32H39N7O5. The van der Waals surface area contributed by atoms with E-state index in [0.717, 1.165) is 22.0 Å². The van der Waals surface area contributed by atoms with Crippen LogP contribution in [0.1, 0.15) is 37.1 Å². The molecule has 4 atom stereocenters. The van der Waals surface area contributed by atoms with Gasteiger partial charge in [-0.15, -0.1) is 0 Å². The zero-order valence-electron chi connectivity index (χ0n) is 24.7. The van der Waals surface area contributed by atoms with E-state index in [1.165, 1.54) is 6.33 Å². The van der Waals surface area contributed by atoms with E-state index in [0.29, 0.717) is 5.69 Å². The minimum Gasteiger partial charge on any atom is -0.480 e. The molecule has 0 aliphatic heterocycles. The number of hydrogen-bond acceptors (Lipinski definition) is 6. The molecule has 0 bridgehead atoms. The number of aromatic amines is 2. The first-order valence-electron chi connectivity index (χ1n) is 14.6. The first-order valence-corrected chi connectivity index (χ1v) is 14.6. The summed E-state index contributed by atoms with van der Waals surface area (Å²) in [6, 6.07) is 12.4. The van der Waals surface area contributed by atoms with Crippen LogP contribution in [0.2, 0.25) is 0 Å². The average molecular weight is 602 g/mol. The number of nitrogens with two attached hydrogens (primary N) is 1. The van der Waals surface area contributed by atoms with Crippen LogP contribution in [0, 0.1) is 5.92 Å². The van der Waals surface area contributed by atoms with Crippen molar-refractivity contribution in [2.24, 2.45) is 11.7 Å². The van der Waals surface area contributed by atoms with Gasteiger partial charge in [-0.3, -0.25) is 14.4 Å². The lowest BCUT2D eigenvalue weighted by Gasteiger charge is -2.26. The summed E-state index contributed by atoms with van der Waals surface area (Å²) in [7, 11) is 0. The van der Waals surface area contributed by atoms with Gasteiger partial charge in [-0.25, -0.2) is 9.78 Å². The summed E-state index contributed by atoms with van der Waals surface area (Å²) in [6.45, 7) is 3.72. The van der Waals surface area contributed by atoms with Crippen molar-refractivity contribution in [3.05, 3.63) is 90.1 Å². The van der Waals surface area contributed by atoms with E-state index in [-0.39, 0.29) is 31.6 Å². The quantitative estimate of drug-likeness (QED) is 0.108.